The number of fused-ring (bicyclic) bond motifs is 3. The molecule has 8 nitrogen and oxygen atoms in total. The summed E-state index contributed by atoms with van der Waals surface area (Å²) in [5.74, 6) is -0.480. The first-order chi connectivity index (χ1) is 14.3. The Bertz CT molecular complexity index is 992. The van der Waals surface area contributed by atoms with Crippen LogP contribution in [-0.4, -0.2) is 52.3 Å². The van der Waals surface area contributed by atoms with E-state index >= 15 is 0 Å². The van der Waals surface area contributed by atoms with E-state index in [2.05, 4.69) is 63.1 Å². The minimum atomic E-state index is -1.92. The first-order valence-electron chi connectivity index (χ1n) is 10.9. The molecule has 2 heterocycles. The highest BCUT2D eigenvalue weighted by Gasteiger charge is 2.41. The van der Waals surface area contributed by atoms with Crippen molar-refractivity contribution in [3.05, 3.63) is 23.0 Å². The molecule has 2 aromatic rings. The monoisotopic (exact) mass is 445 g/mol. The fourth-order valence-electron chi connectivity index (χ4n) is 3.81. The van der Waals surface area contributed by atoms with Gasteiger partial charge in [0.2, 0.25) is 5.95 Å². The summed E-state index contributed by atoms with van der Waals surface area (Å²) in [6, 6.07) is 0. The van der Waals surface area contributed by atoms with Crippen LogP contribution in [0.3, 0.4) is 0 Å². The maximum Gasteiger partial charge on any atom is 0.356 e. The average molecular weight is 446 g/mol. The van der Waals surface area contributed by atoms with Gasteiger partial charge in [-0.2, -0.15) is 5.10 Å². The van der Waals surface area contributed by atoms with E-state index in [1.807, 2.05) is 13.1 Å². The molecule has 0 aromatic carbocycles. The van der Waals surface area contributed by atoms with E-state index in [-0.39, 0.29) is 10.7 Å². The van der Waals surface area contributed by atoms with E-state index in [9.17, 15) is 9.90 Å². The van der Waals surface area contributed by atoms with E-state index in [4.69, 9.17) is 9.41 Å². The van der Waals surface area contributed by atoms with E-state index in [1.165, 1.54) is 0 Å². The zero-order valence-electron chi connectivity index (χ0n) is 20.0. The van der Waals surface area contributed by atoms with Crippen LogP contribution in [0.15, 0.2) is 6.20 Å². The predicted octanol–water partition coefficient (Wildman–Crippen LogP) is 4.33. The Balaban J connectivity index is 2.07. The average Bonchev–Trinajstić information content (AvgIpc) is 3.02. The van der Waals surface area contributed by atoms with Crippen LogP contribution >= 0.6 is 0 Å². The molecule has 2 aromatic heterocycles. The van der Waals surface area contributed by atoms with Crippen LogP contribution in [0.1, 0.15) is 63.2 Å². The minimum absolute atomic E-state index is 0.0987. The summed E-state index contributed by atoms with van der Waals surface area (Å²) in [5, 5.41) is 17.7. The van der Waals surface area contributed by atoms with Gasteiger partial charge in [-0.25, -0.2) is 14.8 Å². The molecule has 31 heavy (non-hydrogen) atoms. The molecule has 170 valence electrons. The molecule has 0 bridgehead atoms. The number of hydrogen-bond donors (Lipinski definition) is 2. The van der Waals surface area contributed by atoms with E-state index in [1.54, 1.807) is 4.68 Å². The fourth-order valence-corrected chi connectivity index (χ4v) is 4.84. The van der Waals surface area contributed by atoms with Crippen molar-refractivity contribution < 1.29 is 14.3 Å². The fraction of sp³-hybridized carbons (Fsp3) is 0.636. The van der Waals surface area contributed by atoms with Gasteiger partial charge >= 0.3 is 5.97 Å². The number of nitrogens with zero attached hydrogens (tertiary/aromatic N) is 4. The van der Waals surface area contributed by atoms with Crippen LogP contribution < -0.4 is 5.32 Å². The van der Waals surface area contributed by atoms with Gasteiger partial charge in [-0.15, -0.1) is 0 Å². The van der Waals surface area contributed by atoms with Crippen molar-refractivity contribution in [2.45, 2.75) is 78.1 Å². The quantitative estimate of drug-likeness (QED) is 0.612. The summed E-state index contributed by atoms with van der Waals surface area (Å²) >= 11 is 0. The lowest BCUT2D eigenvalue weighted by molar-refractivity contribution is 0.0686. The lowest BCUT2D eigenvalue weighted by Crippen LogP contribution is -2.41. The Morgan fingerprint density at radius 3 is 2.61 bits per heavy atom. The van der Waals surface area contributed by atoms with Gasteiger partial charge in [0.25, 0.3) is 0 Å². The maximum absolute atomic E-state index is 12.1. The third-order valence-electron chi connectivity index (χ3n) is 6.46. The largest absolute Gasteiger partial charge is 0.476 e. The van der Waals surface area contributed by atoms with Gasteiger partial charge in [0, 0.05) is 18.3 Å². The number of carbonyl (C=O) groups is 1. The summed E-state index contributed by atoms with van der Waals surface area (Å²) in [5.41, 5.74) is 2.97. The number of aromatic nitrogens is 4. The molecule has 0 unspecified atom stereocenters. The molecule has 0 amide bonds. The molecule has 0 fully saturated rings. The molecule has 2 N–H and O–H groups in total. The zero-order chi connectivity index (χ0) is 23.2. The number of carboxylic acids is 1. The molecule has 9 heteroatoms. The van der Waals surface area contributed by atoms with Crippen LogP contribution in [-0.2, 0) is 22.8 Å². The van der Waals surface area contributed by atoms with Crippen molar-refractivity contribution in [2.75, 3.05) is 18.5 Å². The van der Waals surface area contributed by atoms with Crippen LogP contribution in [0.25, 0.3) is 11.4 Å². The highest BCUT2D eigenvalue weighted by Crippen LogP contribution is 2.44. The van der Waals surface area contributed by atoms with Gasteiger partial charge < -0.3 is 14.8 Å². The van der Waals surface area contributed by atoms with Gasteiger partial charge in [-0.1, -0.05) is 34.6 Å². The van der Waals surface area contributed by atoms with Crippen molar-refractivity contribution >= 4 is 20.2 Å². The van der Waals surface area contributed by atoms with Gasteiger partial charge in [0.05, 0.1) is 24.5 Å². The molecule has 0 aliphatic heterocycles. The molecule has 0 saturated carbocycles. The second kappa shape index (κ2) is 8.02. The van der Waals surface area contributed by atoms with Crippen LogP contribution in [0.4, 0.5) is 5.95 Å². The van der Waals surface area contributed by atoms with Gasteiger partial charge in [-0.3, -0.25) is 4.68 Å². The minimum Gasteiger partial charge on any atom is -0.476 e. The molecule has 0 atom stereocenters. The number of aromatic carboxylic acids is 1. The molecule has 3 rings (SSSR count). The van der Waals surface area contributed by atoms with Crippen molar-refractivity contribution in [1.82, 2.24) is 19.7 Å². The number of hydrogen-bond acceptors (Lipinski definition) is 6. The number of carboxylic acid groups (broad SMARTS) is 1. The SMILES string of the molecule is CCNc1ncc2c(n1)-c1c(c(C(=O)O)nn1CCO[Si](C)(C)C(C)(C)C)C(C)(C)C2. The van der Waals surface area contributed by atoms with Crippen LogP contribution in [0.5, 0.6) is 0 Å². The maximum atomic E-state index is 12.1. The molecule has 1 aliphatic rings. The Labute approximate surface area is 185 Å². The summed E-state index contributed by atoms with van der Waals surface area (Å²) in [6.45, 7) is 18.8. The van der Waals surface area contributed by atoms with Crippen LogP contribution in [0.2, 0.25) is 18.1 Å². The molecular weight excluding hydrogens is 410 g/mol. The van der Waals surface area contributed by atoms with Crippen molar-refractivity contribution in [3.8, 4) is 11.4 Å². The predicted molar refractivity (Wildman–Crippen MR) is 124 cm³/mol. The molecule has 1 aliphatic carbocycles. The van der Waals surface area contributed by atoms with Gasteiger partial charge in [0.1, 0.15) is 0 Å². The summed E-state index contributed by atoms with van der Waals surface area (Å²) < 4.78 is 8.12. The summed E-state index contributed by atoms with van der Waals surface area (Å²) in [6.07, 6.45) is 2.50. The highest BCUT2D eigenvalue weighted by molar-refractivity contribution is 6.74. The normalized spacial score (nSPS) is 15.4. The first-order valence-corrected chi connectivity index (χ1v) is 13.8. The third-order valence-corrected chi connectivity index (χ3v) is 11.0. The Kier molecular flexibility index (Phi) is 6.05. The molecular formula is C22H35N5O3Si. The topological polar surface area (TPSA) is 102 Å². The second-order valence-electron chi connectivity index (χ2n) is 10.4. The number of rotatable bonds is 7. The van der Waals surface area contributed by atoms with Crippen molar-refractivity contribution in [2.24, 2.45) is 0 Å². The Hall–Kier alpha value is -2.26. The standard InChI is InChI=1S/C22H35N5O3Si/c1-9-23-20-24-13-14-12-22(5,6)15-17(19(28)29)26-27(18(15)16(14)25-20)10-11-30-31(7,8)21(2,3)4/h13H,9-12H2,1-8H3,(H,28,29)(H,23,24,25). The van der Waals surface area contributed by atoms with E-state index in [0.29, 0.717) is 32.1 Å². The Morgan fingerprint density at radius 2 is 2.03 bits per heavy atom. The van der Waals surface area contributed by atoms with Gasteiger partial charge in [-0.05, 0) is 42.5 Å². The molecule has 0 spiro atoms. The van der Waals surface area contributed by atoms with E-state index in [0.717, 1.165) is 22.5 Å². The zero-order valence-corrected chi connectivity index (χ0v) is 21.0. The Morgan fingerprint density at radius 1 is 1.35 bits per heavy atom. The second-order valence-corrected chi connectivity index (χ2v) is 15.2. The van der Waals surface area contributed by atoms with Gasteiger partial charge in [0.15, 0.2) is 14.0 Å². The van der Waals surface area contributed by atoms with Crippen molar-refractivity contribution in [1.29, 1.82) is 0 Å². The third kappa shape index (κ3) is 4.38. The molecule has 0 radical (unpaired) electrons. The lowest BCUT2D eigenvalue weighted by atomic mass is 9.73. The first kappa shape index (κ1) is 23.4. The smallest absolute Gasteiger partial charge is 0.356 e. The number of nitrogens with one attached hydrogen (secondary N) is 1. The summed E-state index contributed by atoms with van der Waals surface area (Å²) in [4.78, 5) is 21.2. The highest BCUT2D eigenvalue weighted by atomic mass is 28.4. The van der Waals surface area contributed by atoms with Crippen LogP contribution in [0, 0.1) is 0 Å². The van der Waals surface area contributed by atoms with E-state index < -0.39 is 19.7 Å². The lowest BCUT2D eigenvalue weighted by Gasteiger charge is -2.36. The van der Waals surface area contributed by atoms with Crippen molar-refractivity contribution in [3.63, 3.8) is 0 Å². The number of anilines is 1. The summed E-state index contributed by atoms with van der Waals surface area (Å²) in [7, 11) is -1.92. The molecule has 0 saturated heterocycles.